The zero-order valence-corrected chi connectivity index (χ0v) is 13.9. The molecule has 2 aliphatic heterocycles. The van der Waals surface area contributed by atoms with Crippen LogP contribution >= 0.6 is 11.8 Å². The molecule has 0 aromatic carbocycles. The number of nitrogens with one attached hydrogen (secondary N) is 2. The molecule has 0 bridgehead atoms. The van der Waals surface area contributed by atoms with Gasteiger partial charge in [-0.15, -0.1) is 5.10 Å². The number of aromatic nitrogens is 3. The second kappa shape index (κ2) is 4.72. The summed E-state index contributed by atoms with van der Waals surface area (Å²) in [7, 11) is 0. The Labute approximate surface area is 133 Å². The van der Waals surface area contributed by atoms with E-state index in [0.29, 0.717) is 5.92 Å². The lowest BCUT2D eigenvalue weighted by molar-refractivity contribution is 0.250. The molecular weight excluding hydrogens is 296 g/mol. The molecule has 0 radical (unpaired) electrons. The number of fused-ring (bicyclic) bond motifs is 2. The Morgan fingerprint density at radius 1 is 1.27 bits per heavy atom. The summed E-state index contributed by atoms with van der Waals surface area (Å²) < 4.78 is 0. The van der Waals surface area contributed by atoms with Gasteiger partial charge in [-0.3, -0.25) is 4.79 Å². The van der Waals surface area contributed by atoms with Crippen LogP contribution < -0.4 is 10.9 Å². The van der Waals surface area contributed by atoms with Crippen LogP contribution in [0, 0.1) is 11.3 Å². The maximum atomic E-state index is 12.1. The van der Waals surface area contributed by atoms with Gasteiger partial charge in [0.05, 0.1) is 16.3 Å². The molecule has 0 spiro atoms. The highest BCUT2D eigenvalue weighted by Gasteiger charge is 2.38. The van der Waals surface area contributed by atoms with E-state index in [1.165, 1.54) is 22.6 Å². The normalized spacial score (nSPS) is 23.9. The van der Waals surface area contributed by atoms with E-state index in [2.05, 4.69) is 41.5 Å². The van der Waals surface area contributed by atoms with Crippen molar-refractivity contribution >= 4 is 16.7 Å². The Kier molecular flexibility index (Phi) is 3.01. The van der Waals surface area contributed by atoms with Crippen molar-refractivity contribution in [3.63, 3.8) is 0 Å². The number of hydrogen-bond donors (Lipinski definition) is 2. The monoisotopic (exact) mass is 316 g/mol. The molecule has 0 amide bonds. The summed E-state index contributed by atoms with van der Waals surface area (Å²) in [5.41, 5.74) is 4.57. The second-order valence-electron chi connectivity index (χ2n) is 7.34. The van der Waals surface area contributed by atoms with Crippen LogP contribution in [0.2, 0.25) is 0 Å². The van der Waals surface area contributed by atoms with Gasteiger partial charge >= 0.3 is 0 Å². The molecular formula is C16H20N4OS. The first-order valence-corrected chi connectivity index (χ1v) is 8.58. The van der Waals surface area contributed by atoms with E-state index in [1.54, 1.807) is 11.8 Å². The van der Waals surface area contributed by atoms with Gasteiger partial charge in [-0.05, 0) is 35.3 Å². The molecule has 3 aliphatic rings. The quantitative estimate of drug-likeness (QED) is 0.769. The van der Waals surface area contributed by atoms with Crippen molar-refractivity contribution in [1.29, 1.82) is 0 Å². The summed E-state index contributed by atoms with van der Waals surface area (Å²) in [6, 6.07) is 0. The average molecular weight is 316 g/mol. The van der Waals surface area contributed by atoms with Gasteiger partial charge in [-0.2, -0.15) is 0 Å². The fraction of sp³-hybridized carbons (Fsp3) is 0.562. The summed E-state index contributed by atoms with van der Waals surface area (Å²) in [6.45, 7) is 7.97. The average Bonchev–Trinajstić information content (AvgIpc) is 2.81. The first-order valence-electron chi connectivity index (χ1n) is 7.76. The zero-order valence-electron chi connectivity index (χ0n) is 13.1. The Morgan fingerprint density at radius 3 is 2.86 bits per heavy atom. The number of allylic oxidation sites excluding steroid dienone is 2. The second-order valence-corrected chi connectivity index (χ2v) is 8.36. The van der Waals surface area contributed by atoms with Gasteiger partial charge in [0.25, 0.3) is 5.56 Å². The van der Waals surface area contributed by atoms with Gasteiger partial charge in [0.2, 0.25) is 0 Å². The minimum atomic E-state index is -0.116. The van der Waals surface area contributed by atoms with E-state index in [1.807, 2.05) is 0 Å². The molecule has 1 aliphatic carbocycles. The van der Waals surface area contributed by atoms with Gasteiger partial charge in [0.15, 0.2) is 0 Å². The predicted molar refractivity (Wildman–Crippen MR) is 88.1 cm³/mol. The van der Waals surface area contributed by atoms with Gasteiger partial charge < -0.3 is 5.32 Å². The molecule has 0 saturated carbocycles. The van der Waals surface area contributed by atoms with Gasteiger partial charge in [0.1, 0.15) is 0 Å². The summed E-state index contributed by atoms with van der Waals surface area (Å²) >= 11 is 1.72. The fourth-order valence-electron chi connectivity index (χ4n) is 3.82. The molecule has 4 rings (SSSR count). The van der Waals surface area contributed by atoms with E-state index in [4.69, 9.17) is 0 Å². The van der Waals surface area contributed by atoms with Crippen LogP contribution in [0.4, 0.5) is 0 Å². The lowest BCUT2D eigenvalue weighted by atomic mass is 9.72. The van der Waals surface area contributed by atoms with E-state index in [9.17, 15) is 4.79 Å². The Balaban J connectivity index is 1.74. The summed E-state index contributed by atoms with van der Waals surface area (Å²) in [6.07, 6.45) is 2.91. The van der Waals surface area contributed by atoms with Gasteiger partial charge in [-0.25, -0.2) is 5.10 Å². The summed E-state index contributed by atoms with van der Waals surface area (Å²) in [5, 5.41) is 15.1. The highest BCUT2D eigenvalue weighted by atomic mass is 32.2. The van der Waals surface area contributed by atoms with E-state index in [-0.39, 0.29) is 11.0 Å². The largest absolute Gasteiger partial charge is 0.380 e. The lowest BCUT2D eigenvalue weighted by Gasteiger charge is -2.40. The minimum Gasteiger partial charge on any atom is -0.380 e. The molecule has 2 N–H and O–H groups in total. The molecule has 1 atom stereocenters. The molecule has 1 unspecified atom stereocenters. The molecule has 6 heteroatoms. The summed E-state index contributed by atoms with van der Waals surface area (Å²) in [5.74, 6) is 0.596. The van der Waals surface area contributed by atoms with Crippen LogP contribution in [0.5, 0.6) is 0 Å². The van der Waals surface area contributed by atoms with Gasteiger partial charge in [0, 0.05) is 17.9 Å². The Morgan fingerprint density at radius 2 is 2.09 bits per heavy atom. The van der Waals surface area contributed by atoms with Crippen LogP contribution in [-0.2, 0) is 6.42 Å². The Bertz CT molecular complexity index is 769. The highest BCUT2D eigenvalue weighted by molar-refractivity contribution is 8.11. The predicted octanol–water partition coefficient (Wildman–Crippen LogP) is 2.44. The number of nitrogens with zero attached hydrogens (tertiary/aromatic N) is 2. The third kappa shape index (κ3) is 2.04. The molecule has 3 heterocycles. The van der Waals surface area contributed by atoms with Crippen molar-refractivity contribution in [2.75, 3.05) is 6.54 Å². The summed E-state index contributed by atoms with van der Waals surface area (Å²) in [4.78, 5) is 13.2. The first kappa shape index (κ1) is 14.1. The molecule has 0 fully saturated rings. The molecule has 5 nitrogen and oxygen atoms in total. The topological polar surface area (TPSA) is 70.7 Å². The Hall–Kier alpha value is -1.56. The fourth-order valence-corrected chi connectivity index (χ4v) is 5.14. The van der Waals surface area contributed by atoms with E-state index in [0.717, 1.165) is 35.5 Å². The maximum Gasteiger partial charge on any atom is 0.275 e. The third-order valence-corrected chi connectivity index (χ3v) is 6.16. The maximum absolute atomic E-state index is 12.1. The van der Waals surface area contributed by atoms with Crippen LogP contribution in [0.15, 0.2) is 21.0 Å². The smallest absolute Gasteiger partial charge is 0.275 e. The number of hydrogen-bond acceptors (Lipinski definition) is 5. The number of aromatic amines is 1. The molecule has 0 saturated heterocycles. The molecule has 1 aromatic rings. The van der Waals surface area contributed by atoms with Crippen LogP contribution in [0.25, 0.3) is 4.91 Å². The molecule has 1 aromatic heterocycles. The molecule has 22 heavy (non-hydrogen) atoms. The van der Waals surface area contributed by atoms with Crippen molar-refractivity contribution in [2.45, 2.75) is 40.0 Å². The SMILES string of the molecule is CC(C)(C)C1CCNC2=C1CC1=C(S2)c2c(nn[nH]c2=O)C1. The minimum absolute atomic E-state index is 0.116. The van der Waals surface area contributed by atoms with E-state index >= 15 is 0 Å². The first-order chi connectivity index (χ1) is 10.4. The number of thioether (sulfide) groups is 1. The van der Waals surface area contributed by atoms with Gasteiger partial charge in [-0.1, -0.05) is 37.7 Å². The molecule has 116 valence electrons. The van der Waals surface area contributed by atoms with Crippen molar-refractivity contribution in [3.05, 3.63) is 37.8 Å². The standard InChI is InChI=1S/C16H20N4OS/c1-16(2,3)10-4-5-17-15-9(10)6-8-7-11-12(13(8)22-15)14(21)19-20-18-11/h10,17H,4-7H2,1-3H3,(H,18,19,21). The third-order valence-electron chi connectivity index (χ3n) is 4.85. The van der Waals surface area contributed by atoms with Crippen LogP contribution in [0.3, 0.4) is 0 Å². The van der Waals surface area contributed by atoms with E-state index < -0.39 is 0 Å². The van der Waals surface area contributed by atoms with Crippen molar-refractivity contribution in [3.8, 4) is 0 Å². The zero-order chi connectivity index (χ0) is 15.5. The van der Waals surface area contributed by atoms with Crippen molar-refractivity contribution in [2.24, 2.45) is 11.3 Å². The van der Waals surface area contributed by atoms with Crippen LogP contribution in [-0.4, -0.2) is 22.0 Å². The number of rotatable bonds is 0. The van der Waals surface area contributed by atoms with Crippen LogP contribution in [0.1, 0.15) is 44.9 Å². The van der Waals surface area contributed by atoms with Crippen molar-refractivity contribution in [1.82, 2.24) is 20.7 Å². The highest BCUT2D eigenvalue weighted by Crippen LogP contribution is 2.52. The lowest BCUT2D eigenvalue weighted by Crippen LogP contribution is -2.34. The number of H-pyrrole nitrogens is 1. The van der Waals surface area contributed by atoms with Crippen molar-refractivity contribution < 1.29 is 0 Å².